The van der Waals surface area contributed by atoms with E-state index in [0.717, 1.165) is 16.7 Å². The highest BCUT2D eigenvalue weighted by molar-refractivity contribution is 9.10. The molecule has 1 saturated heterocycles. The second kappa shape index (κ2) is 8.59. The molecule has 0 N–H and O–H groups in total. The van der Waals surface area contributed by atoms with Crippen molar-refractivity contribution in [2.24, 2.45) is 0 Å². The van der Waals surface area contributed by atoms with Crippen LogP contribution in [-0.4, -0.2) is 48.9 Å². The lowest BCUT2D eigenvalue weighted by molar-refractivity contribution is -0.150. The monoisotopic (exact) mass is 443 g/mol. The van der Waals surface area contributed by atoms with Crippen LogP contribution >= 0.6 is 27.7 Å². The molecule has 1 aromatic carbocycles. The third kappa shape index (κ3) is 4.04. The van der Waals surface area contributed by atoms with Crippen molar-refractivity contribution in [3.05, 3.63) is 27.1 Å². The van der Waals surface area contributed by atoms with E-state index in [9.17, 15) is 14.4 Å². The number of rotatable bonds is 6. The van der Waals surface area contributed by atoms with Crippen molar-refractivity contribution in [1.82, 2.24) is 4.90 Å². The number of nitrogens with zero attached hydrogens (tertiary/aromatic N) is 1. The minimum Gasteiger partial charge on any atom is -0.493 e. The van der Waals surface area contributed by atoms with Crippen LogP contribution in [0.5, 0.6) is 11.5 Å². The number of benzene rings is 1. The number of hydrogen-bond acceptors (Lipinski definition) is 7. The van der Waals surface area contributed by atoms with Crippen LogP contribution in [0.1, 0.15) is 19.4 Å². The van der Waals surface area contributed by atoms with Crippen molar-refractivity contribution in [2.45, 2.75) is 19.9 Å². The predicted octanol–water partition coefficient (Wildman–Crippen LogP) is 3.45. The Morgan fingerprint density at radius 1 is 1.31 bits per heavy atom. The van der Waals surface area contributed by atoms with Gasteiger partial charge in [0.25, 0.3) is 11.1 Å². The molecule has 2 rings (SSSR count). The molecule has 0 aliphatic carbocycles. The highest BCUT2D eigenvalue weighted by atomic mass is 79.9. The molecule has 0 aromatic heterocycles. The molecule has 1 aliphatic heterocycles. The summed E-state index contributed by atoms with van der Waals surface area (Å²) in [4.78, 5) is 37.7. The number of methoxy groups -OCH3 is 2. The summed E-state index contributed by atoms with van der Waals surface area (Å²) in [5.41, 5.74) is 0.642. The summed E-state index contributed by atoms with van der Waals surface area (Å²) >= 11 is 4.16. The second-order valence-electron chi connectivity index (χ2n) is 5.22. The Bertz CT molecular complexity index is 779. The molecule has 140 valence electrons. The van der Waals surface area contributed by atoms with E-state index in [1.165, 1.54) is 21.1 Å². The van der Waals surface area contributed by atoms with E-state index < -0.39 is 23.2 Å². The van der Waals surface area contributed by atoms with Gasteiger partial charge in [-0.1, -0.05) is 0 Å². The number of imide groups is 1. The lowest BCUT2D eigenvalue weighted by Crippen LogP contribution is -2.42. The summed E-state index contributed by atoms with van der Waals surface area (Å²) < 4.78 is 16.1. The minimum atomic E-state index is -0.981. The zero-order valence-corrected chi connectivity index (χ0v) is 17.1. The molecule has 2 amide bonds. The molecule has 26 heavy (non-hydrogen) atoms. The Balaban J connectivity index is 2.33. The third-order valence-corrected chi connectivity index (χ3v) is 5.06. The van der Waals surface area contributed by atoms with E-state index in [-0.39, 0.29) is 11.5 Å². The Morgan fingerprint density at radius 3 is 2.58 bits per heavy atom. The van der Waals surface area contributed by atoms with Gasteiger partial charge in [-0.05, 0) is 65.3 Å². The molecule has 0 unspecified atom stereocenters. The van der Waals surface area contributed by atoms with Gasteiger partial charge in [0.1, 0.15) is 6.04 Å². The largest absolute Gasteiger partial charge is 0.493 e. The SMILES string of the molecule is CCOC(=O)[C@@H](C)N1C(=O)S/C(=C\c2cc(Br)c(OC)c(OC)c2)C1=O. The van der Waals surface area contributed by atoms with E-state index in [2.05, 4.69) is 15.9 Å². The molecule has 1 heterocycles. The molecule has 1 aliphatic rings. The zero-order valence-electron chi connectivity index (χ0n) is 14.7. The van der Waals surface area contributed by atoms with E-state index in [4.69, 9.17) is 14.2 Å². The Labute approximate surface area is 163 Å². The number of thioether (sulfide) groups is 1. The molecule has 7 nitrogen and oxygen atoms in total. The molecule has 0 saturated carbocycles. The maximum atomic E-state index is 12.6. The lowest BCUT2D eigenvalue weighted by Gasteiger charge is -2.19. The van der Waals surface area contributed by atoms with Gasteiger partial charge in [0.15, 0.2) is 11.5 Å². The van der Waals surface area contributed by atoms with Gasteiger partial charge in [-0.15, -0.1) is 0 Å². The van der Waals surface area contributed by atoms with Crippen LogP contribution in [0.3, 0.4) is 0 Å². The maximum Gasteiger partial charge on any atom is 0.329 e. The van der Waals surface area contributed by atoms with Gasteiger partial charge in [0.05, 0.1) is 30.2 Å². The quantitative estimate of drug-likeness (QED) is 0.491. The van der Waals surface area contributed by atoms with E-state index in [0.29, 0.717) is 21.5 Å². The minimum absolute atomic E-state index is 0.175. The standard InChI is InChI=1S/C17H18BrNO6S/c1-5-25-16(21)9(2)19-15(20)13(26-17(19)22)8-10-6-11(18)14(24-4)12(7-10)23-3/h6-9H,5H2,1-4H3/b13-8-/t9-/m1/s1. The van der Waals surface area contributed by atoms with Crippen LogP contribution in [0.15, 0.2) is 21.5 Å². The summed E-state index contributed by atoms with van der Waals surface area (Å²) in [7, 11) is 3.02. The summed E-state index contributed by atoms with van der Waals surface area (Å²) in [5, 5.41) is -0.513. The Hall–Kier alpha value is -2.00. The van der Waals surface area contributed by atoms with Gasteiger partial charge in [0, 0.05) is 0 Å². The first-order valence-corrected chi connectivity index (χ1v) is 9.30. The molecule has 1 atom stereocenters. The van der Waals surface area contributed by atoms with Gasteiger partial charge in [-0.25, -0.2) is 4.79 Å². The summed E-state index contributed by atoms with van der Waals surface area (Å²) in [6.45, 7) is 3.30. The smallest absolute Gasteiger partial charge is 0.329 e. The maximum absolute atomic E-state index is 12.6. The van der Waals surface area contributed by atoms with Crippen molar-refractivity contribution in [2.75, 3.05) is 20.8 Å². The third-order valence-electron chi connectivity index (χ3n) is 3.59. The Kier molecular flexibility index (Phi) is 6.71. The molecule has 1 aromatic rings. The molecule has 0 radical (unpaired) electrons. The van der Waals surface area contributed by atoms with Crippen LogP contribution in [0.2, 0.25) is 0 Å². The van der Waals surface area contributed by atoms with Crippen molar-refractivity contribution in [1.29, 1.82) is 0 Å². The Morgan fingerprint density at radius 2 is 2.00 bits per heavy atom. The average Bonchev–Trinajstić information content (AvgIpc) is 2.87. The van der Waals surface area contributed by atoms with Crippen LogP contribution in [-0.2, 0) is 14.3 Å². The number of carbonyl (C=O) groups is 3. The van der Waals surface area contributed by atoms with Crippen molar-refractivity contribution >= 4 is 50.9 Å². The van der Waals surface area contributed by atoms with Crippen LogP contribution < -0.4 is 9.47 Å². The molecule has 0 bridgehead atoms. The summed E-state index contributed by atoms with van der Waals surface area (Å²) in [6, 6.07) is 2.45. The number of hydrogen-bond donors (Lipinski definition) is 0. The first-order chi connectivity index (χ1) is 12.3. The molecule has 1 fully saturated rings. The number of amides is 2. The van der Waals surface area contributed by atoms with Crippen molar-refractivity contribution in [3.8, 4) is 11.5 Å². The fourth-order valence-electron chi connectivity index (χ4n) is 2.35. The number of carbonyl (C=O) groups excluding carboxylic acids is 3. The first kappa shape index (κ1) is 20.3. The fraction of sp³-hybridized carbons (Fsp3) is 0.353. The number of halogens is 1. The van der Waals surface area contributed by atoms with Gasteiger partial charge >= 0.3 is 5.97 Å². The predicted molar refractivity (Wildman–Crippen MR) is 101 cm³/mol. The van der Waals surface area contributed by atoms with Gasteiger partial charge in [-0.3, -0.25) is 14.5 Å². The fourth-order valence-corrected chi connectivity index (χ4v) is 3.88. The first-order valence-electron chi connectivity index (χ1n) is 7.69. The zero-order chi connectivity index (χ0) is 19.4. The summed E-state index contributed by atoms with van der Waals surface area (Å²) in [6.07, 6.45) is 1.56. The molecular weight excluding hydrogens is 426 g/mol. The van der Waals surface area contributed by atoms with Gasteiger partial charge in [-0.2, -0.15) is 0 Å². The van der Waals surface area contributed by atoms with Gasteiger partial charge < -0.3 is 14.2 Å². The highest BCUT2D eigenvalue weighted by Gasteiger charge is 2.41. The molecule has 0 spiro atoms. The summed E-state index contributed by atoms with van der Waals surface area (Å²) in [5.74, 6) is -0.155. The van der Waals surface area contributed by atoms with Gasteiger partial charge in [0.2, 0.25) is 0 Å². The topological polar surface area (TPSA) is 82.1 Å². The van der Waals surface area contributed by atoms with Crippen LogP contribution in [0, 0.1) is 0 Å². The number of ether oxygens (including phenoxy) is 3. The van der Waals surface area contributed by atoms with E-state index in [1.54, 1.807) is 25.1 Å². The molecular formula is C17H18BrNO6S. The van der Waals surface area contributed by atoms with Crippen LogP contribution in [0.4, 0.5) is 4.79 Å². The van der Waals surface area contributed by atoms with Crippen molar-refractivity contribution < 1.29 is 28.6 Å². The van der Waals surface area contributed by atoms with Crippen molar-refractivity contribution in [3.63, 3.8) is 0 Å². The molecule has 9 heteroatoms. The lowest BCUT2D eigenvalue weighted by atomic mass is 10.1. The highest BCUT2D eigenvalue weighted by Crippen LogP contribution is 2.39. The van der Waals surface area contributed by atoms with Crippen LogP contribution in [0.25, 0.3) is 6.08 Å². The second-order valence-corrected chi connectivity index (χ2v) is 7.07. The number of esters is 1. The van der Waals surface area contributed by atoms with E-state index >= 15 is 0 Å². The average molecular weight is 444 g/mol. The van der Waals surface area contributed by atoms with E-state index in [1.807, 2.05) is 0 Å². The normalized spacial score (nSPS) is 16.8.